The molecule has 5 nitrogen and oxygen atoms in total. The fourth-order valence-corrected chi connectivity index (χ4v) is 2.99. The van der Waals surface area contributed by atoms with Gasteiger partial charge in [-0.25, -0.2) is 4.79 Å². The highest BCUT2D eigenvalue weighted by Gasteiger charge is 2.35. The summed E-state index contributed by atoms with van der Waals surface area (Å²) in [4.78, 5) is 24.6. The predicted octanol–water partition coefficient (Wildman–Crippen LogP) is 2.96. The van der Waals surface area contributed by atoms with E-state index in [1.54, 1.807) is 13.2 Å². The van der Waals surface area contributed by atoms with Crippen molar-refractivity contribution in [1.82, 2.24) is 5.32 Å². The van der Waals surface area contributed by atoms with Crippen molar-refractivity contribution in [3.63, 3.8) is 0 Å². The Bertz CT molecular complexity index is 609. The molecule has 0 bridgehead atoms. The molecule has 1 N–H and O–H groups in total. The standard InChI is InChI=1S/C19H27NO4/c1-11(2)9-14(20-18(21)12(3)4)16-10-13-7-6-8-15(23-5)17(13)19(22)24-16/h6-8,11-12,14,16H,9-10H2,1-5H3,(H,20,21)/t14-,16-/m0/s1. The molecule has 5 heteroatoms. The van der Waals surface area contributed by atoms with Gasteiger partial charge in [0.2, 0.25) is 5.91 Å². The molecule has 1 aliphatic rings. The Morgan fingerprint density at radius 1 is 1.33 bits per heavy atom. The summed E-state index contributed by atoms with van der Waals surface area (Å²) in [6.07, 6.45) is 0.978. The van der Waals surface area contributed by atoms with Gasteiger partial charge in [-0.15, -0.1) is 0 Å². The third kappa shape index (κ3) is 4.08. The van der Waals surface area contributed by atoms with Crippen LogP contribution in [0.3, 0.4) is 0 Å². The molecule has 1 amide bonds. The Balaban J connectivity index is 2.25. The van der Waals surface area contributed by atoms with E-state index in [2.05, 4.69) is 19.2 Å². The minimum absolute atomic E-state index is 0.0202. The molecule has 132 valence electrons. The quantitative estimate of drug-likeness (QED) is 0.813. The van der Waals surface area contributed by atoms with Crippen LogP contribution in [-0.2, 0) is 16.0 Å². The van der Waals surface area contributed by atoms with Crippen LogP contribution < -0.4 is 10.1 Å². The highest BCUT2D eigenvalue weighted by molar-refractivity contribution is 5.95. The van der Waals surface area contributed by atoms with Gasteiger partial charge in [-0.2, -0.15) is 0 Å². The molecule has 2 atom stereocenters. The molecule has 0 aliphatic carbocycles. The molecule has 2 rings (SSSR count). The van der Waals surface area contributed by atoms with Crippen molar-refractivity contribution < 1.29 is 19.1 Å². The topological polar surface area (TPSA) is 64.6 Å². The maximum Gasteiger partial charge on any atom is 0.342 e. The number of hydrogen-bond acceptors (Lipinski definition) is 4. The first-order chi connectivity index (χ1) is 11.3. The zero-order valence-electron chi connectivity index (χ0n) is 15.1. The highest BCUT2D eigenvalue weighted by atomic mass is 16.5. The monoisotopic (exact) mass is 333 g/mol. The fraction of sp³-hybridized carbons (Fsp3) is 0.579. The largest absolute Gasteiger partial charge is 0.496 e. The maximum atomic E-state index is 12.5. The van der Waals surface area contributed by atoms with E-state index in [0.29, 0.717) is 23.7 Å². The Morgan fingerprint density at radius 3 is 2.62 bits per heavy atom. The van der Waals surface area contributed by atoms with Gasteiger partial charge in [0.15, 0.2) is 0 Å². The summed E-state index contributed by atoms with van der Waals surface area (Å²) in [6, 6.07) is 5.36. The summed E-state index contributed by atoms with van der Waals surface area (Å²) in [5.41, 5.74) is 1.40. The first-order valence-electron chi connectivity index (χ1n) is 8.50. The van der Waals surface area contributed by atoms with Gasteiger partial charge in [0.25, 0.3) is 0 Å². The van der Waals surface area contributed by atoms with Crippen LogP contribution >= 0.6 is 0 Å². The number of cyclic esters (lactones) is 1. The van der Waals surface area contributed by atoms with Crippen molar-refractivity contribution in [1.29, 1.82) is 0 Å². The van der Waals surface area contributed by atoms with E-state index in [1.807, 2.05) is 26.0 Å². The lowest BCUT2D eigenvalue weighted by atomic mass is 9.90. The number of rotatable bonds is 6. The summed E-state index contributed by atoms with van der Waals surface area (Å²) in [5, 5.41) is 3.05. The fourth-order valence-electron chi connectivity index (χ4n) is 2.99. The molecule has 0 saturated heterocycles. The van der Waals surface area contributed by atoms with Crippen molar-refractivity contribution in [3.8, 4) is 5.75 Å². The van der Waals surface area contributed by atoms with Gasteiger partial charge >= 0.3 is 5.97 Å². The van der Waals surface area contributed by atoms with Gasteiger partial charge in [0.05, 0.1) is 13.2 Å². The summed E-state index contributed by atoms with van der Waals surface area (Å²) in [7, 11) is 1.54. The average molecular weight is 333 g/mol. The van der Waals surface area contributed by atoms with Gasteiger partial charge in [-0.3, -0.25) is 4.79 Å². The minimum atomic E-state index is -0.383. The van der Waals surface area contributed by atoms with Gasteiger partial charge < -0.3 is 14.8 Å². The first-order valence-corrected chi connectivity index (χ1v) is 8.50. The number of amides is 1. The van der Waals surface area contributed by atoms with E-state index in [9.17, 15) is 9.59 Å². The molecule has 0 saturated carbocycles. The van der Waals surface area contributed by atoms with Crippen molar-refractivity contribution >= 4 is 11.9 Å². The number of fused-ring (bicyclic) bond motifs is 1. The molecule has 0 unspecified atom stereocenters. The number of nitrogens with one attached hydrogen (secondary N) is 1. The van der Waals surface area contributed by atoms with Crippen LogP contribution in [0.25, 0.3) is 0 Å². The Kier molecular flexibility index (Phi) is 5.86. The van der Waals surface area contributed by atoms with Gasteiger partial charge in [0, 0.05) is 12.3 Å². The molecule has 0 spiro atoms. The van der Waals surface area contributed by atoms with E-state index >= 15 is 0 Å². The summed E-state index contributed by atoms with van der Waals surface area (Å²) >= 11 is 0. The number of carbonyl (C=O) groups excluding carboxylic acids is 2. The third-order valence-electron chi connectivity index (χ3n) is 4.24. The van der Waals surface area contributed by atoms with E-state index in [-0.39, 0.29) is 29.9 Å². The molecular formula is C19H27NO4. The second-order valence-corrected chi connectivity index (χ2v) is 7.04. The molecule has 0 radical (unpaired) electrons. The van der Waals surface area contributed by atoms with Crippen LogP contribution in [0.2, 0.25) is 0 Å². The molecule has 1 aromatic carbocycles. The lowest BCUT2D eigenvalue weighted by molar-refractivity contribution is -0.125. The number of esters is 1. The van der Waals surface area contributed by atoms with Gasteiger partial charge in [0.1, 0.15) is 17.4 Å². The van der Waals surface area contributed by atoms with E-state index in [0.717, 1.165) is 12.0 Å². The number of carbonyl (C=O) groups is 2. The molecule has 0 fully saturated rings. The van der Waals surface area contributed by atoms with E-state index in [4.69, 9.17) is 9.47 Å². The first kappa shape index (κ1) is 18.3. The van der Waals surface area contributed by atoms with Gasteiger partial charge in [-0.05, 0) is 24.0 Å². The van der Waals surface area contributed by atoms with E-state index < -0.39 is 0 Å². The molecule has 24 heavy (non-hydrogen) atoms. The van der Waals surface area contributed by atoms with Crippen molar-refractivity contribution in [3.05, 3.63) is 29.3 Å². The predicted molar refractivity (Wildman–Crippen MR) is 92.1 cm³/mol. The summed E-state index contributed by atoms with van der Waals surface area (Å²) in [6.45, 7) is 7.90. The smallest absolute Gasteiger partial charge is 0.342 e. The van der Waals surface area contributed by atoms with Crippen molar-refractivity contribution in [2.45, 2.75) is 52.7 Å². The third-order valence-corrected chi connectivity index (χ3v) is 4.24. The number of ether oxygens (including phenoxy) is 2. The Labute approximate surface area is 143 Å². The number of methoxy groups -OCH3 is 1. The van der Waals surface area contributed by atoms with E-state index in [1.165, 1.54) is 0 Å². The van der Waals surface area contributed by atoms with Crippen molar-refractivity contribution in [2.24, 2.45) is 11.8 Å². The zero-order chi connectivity index (χ0) is 17.9. The highest BCUT2D eigenvalue weighted by Crippen LogP contribution is 2.30. The number of hydrogen-bond donors (Lipinski definition) is 1. The van der Waals surface area contributed by atoms with Gasteiger partial charge in [-0.1, -0.05) is 39.8 Å². The number of benzene rings is 1. The second kappa shape index (κ2) is 7.69. The van der Waals surface area contributed by atoms with Crippen LogP contribution in [0, 0.1) is 11.8 Å². The zero-order valence-corrected chi connectivity index (χ0v) is 15.1. The van der Waals surface area contributed by atoms with Crippen molar-refractivity contribution in [2.75, 3.05) is 7.11 Å². The Morgan fingerprint density at radius 2 is 2.04 bits per heavy atom. The Hall–Kier alpha value is -2.04. The lowest BCUT2D eigenvalue weighted by Crippen LogP contribution is -2.49. The van der Waals surface area contributed by atoms with Crippen LogP contribution in [0.1, 0.15) is 50.0 Å². The molecule has 1 aromatic rings. The van der Waals surface area contributed by atoms with Crippen LogP contribution in [0.5, 0.6) is 5.75 Å². The molecule has 1 aliphatic heterocycles. The average Bonchev–Trinajstić information content (AvgIpc) is 2.52. The minimum Gasteiger partial charge on any atom is -0.496 e. The lowest BCUT2D eigenvalue weighted by Gasteiger charge is -2.33. The normalized spacial score (nSPS) is 18.1. The summed E-state index contributed by atoms with van der Waals surface area (Å²) < 4.78 is 10.9. The summed E-state index contributed by atoms with van der Waals surface area (Å²) in [5.74, 6) is 0.404. The van der Waals surface area contributed by atoms with Crippen LogP contribution in [0.4, 0.5) is 0 Å². The maximum absolute atomic E-state index is 12.5. The SMILES string of the molecule is COc1cccc2c1C(=O)O[C@H]([C@H](CC(C)C)NC(=O)C(C)C)C2. The van der Waals surface area contributed by atoms with Crippen LogP contribution in [-0.4, -0.2) is 31.1 Å². The second-order valence-electron chi connectivity index (χ2n) is 7.04. The molecular weight excluding hydrogens is 306 g/mol. The molecule has 0 aromatic heterocycles. The van der Waals surface area contributed by atoms with Crippen LogP contribution in [0.15, 0.2) is 18.2 Å². The molecule has 1 heterocycles.